The lowest BCUT2D eigenvalue weighted by Gasteiger charge is -2.13. The molecular weight excluding hydrogens is 464 g/mol. The molecule has 0 saturated heterocycles. The van der Waals surface area contributed by atoms with E-state index in [0.717, 1.165) is 10.4 Å². The van der Waals surface area contributed by atoms with Gasteiger partial charge in [0.25, 0.3) is 5.91 Å². The average Bonchev–Trinajstić information content (AvgIpc) is 3.39. The van der Waals surface area contributed by atoms with Gasteiger partial charge in [-0.3, -0.25) is 4.79 Å². The molecule has 2 aromatic heterocycles. The maximum atomic E-state index is 12.8. The third-order valence-corrected chi connectivity index (χ3v) is 6.26. The molecule has 180 valence electrons. The Bertz CT molecular complexity index is 1280. The lowest BCUT2D eigenvalue weighted by Crippen LogP contribution is -2.25. The van der Waals surface area contributed by atoms with Crippen molar-refractivity contribution in [1.29, 1.82) is 0 Å². The van der Waals surface area contributed by atoms with Crippen LogP contribution in [0.4, 0.5) is 11.6 Å². The van der Waals surface area contributed by atoms with Crippen LogP contribution in [0.2, 0.25) is 0 Å². The first-order valence-electron chi connectivity index (χ1n) is 11.0. The smallest absolute Gasteiger partial charge is 0.261 e. The van der Waals surface area contributed by atoms with Crippen LogP contribution in [0, 0.1) is 0 Å². The van der Waals surface area contributed by atoms with E-state index in [2.05, 4.69) is 20.6 Å². The Balaban J connectivity index is 1.46. The van der Waals surface area contributed by atoms with E-state index in [1.165, 1.54) is 11.3 Å². The van der Waals surface area contributed by atoms with Crippen molar-refractivity contribution >= 4 is 28.9 Å². The number of aliphatic hydroxyl groups excluding tert-OH is 1. The van der Waals surface area contributed by atoms with Crippen molar-refractivity contribution in [3.8, 4) is 22.1 Å². The largest absolute Gasteiger partial charge is 0.493 e. The zero-order chi connectivity index (χ0) is 24.6. The number of amides is 1. The molecular formula is C26H26N4O4S. The number of aliphatic hydroxyl groups is 1. The molecule has 3 N–H and O–H groups in total. The number of nitrogens with zero attached hydrogens (tertiary/aromatic N) is 2. The molecule has 0 radical (unpaired) electrons. The number of nitrogens with one attached hydrogen (secondary N) is 2. The minimum Gasteiger partial charge on any atom is -0.493 e. The summed E-state index contributed by atoms with van der Waals surface area (Å²) in [6, 6.07) is 20.6. The first-order valence-corrected chi connectivity index (χ1v) is 11.9. The van der Waals surface area contributed by atoms with Crippen molar-refractivity contribution < 1.29 is 19.4 Å². The Kier molecular flexibility index (Phi) is 7.92. The summed E-state index contributed by atoms with van der Waals surface area (Å²) < 4.78 is 10.8. The molecule has 0 aliphatic heterocycles. The zero-order valence-corrected chi connectivity index (χ0v) is 20.2. The standard InChI is InChI=1S/C26H26N4O4S/c1-17(18-6-4-3-5-7-18)28-25(32)24-11-10-23(35-24)20-12-13-27-26(30-20)29-19-8-9-21(33-2)22(16-19)34-15-14-31/h3-13,16-17,31H,14-15H2,1-2H3,(H,28,32)(H,27,29,30). The second-order valence-electron chi connectivity index (χ2n) is 7.60. The van der Waals surface area contributed by atoms with Gasteiger partial charge in [-0.25, -0.2) is 9.97 Å². The van der Waals surface area contributed by atoms with E-state index < -0.39 is 0 Å². The summed E-state index contributed by atoms with van der Waals surface area (Å²) in [6.45, 7) is 2.02. The Morgan fingerprint density at radius 3 is 2.69 bits per heavy atom. The highest BCUT2D eigenvalue weighted by molar-refractivity contribution is 7.17. The van der Waals surface area contributed by atoms with E-state index in [-0.39, 0.29) is 25.2 Å². The number of hydrogen-bond acceptors (Lipinski definition) is 8. The molecule has 0 fully saturated rings. The van der Waals surface area contributed by atoms with Gasteiger partial charge < -0.3 is 25.2 Å². The molecule has 0 bridgehead atoms. The van der Waals surface area contributed by atoms with Crippen LogP contribution in [0.15, 0.2) is 72.9 Å². The van der Waals surface area contributed by atoms with Crippen LogP contribution in [0.25, 0.3) is 10.6 Å². The average molecular weight is 491 g/mol. The van der Waals surface area contributed by atoms with Crippen molar-refractivity contribution in [1.82, 2.24) is 15.3 Å². The Morgan fingerprint density at radius 2 is 1.91 bits per heavy atom. The second kappa shape index (κ2) is 11.5. The second-order valence-corrected chi connectivity index (χ2v) is 8.68. The highest BCUT2D eigenvalue weighted by atomic mass is 32.1. The van der Waals surface area contributed by atoms with E-state index in [1.54, 1.807) is 37.6 Å². The van der Waals surface area contributed by atoms with Crippen LogP contribution in [0.3, 0.4) is 0 Å². The summed E-state index contributed by atoms with van der Waals surface area (Å²) >= 11 is 1.37. The van der Waals surface area contributed by atoms with Gasteiger partial charge in [-0.05, 0) is 42.8 Å². The number of rotatable bonds is 10. The van der Waals surface area contributed by atoms with Gasteiger partial charge in [0.15, 0.2) is 11.5 Å². The van der Waals surface area contributed by atoms with E-state index in [1.807, 2.05) is 49.4 Å². The van der Waals surface area contributed by atoms with Crippen molar-refractivity contribution in [3.63, 3.8) is 0 Å². The first-order chi connectivity index (χ1) is 17.1. The van der Waals surface area contributed by atoms with E-state index in [0.29, 0.717) is 33.7 Å². The van der Waals surface area contributed by atoms with Crippen LogP contribution in [0.1, 0.15) is 28.2 Å². The van der Waals surface area contributed by atoms with E-state index >= 15 is 0 Å². The minimum atomic E-state index is -0.126. The van der Waals surface area contributed by atoms with Crippen molar-refractivity contribution in [3.05, 3.63) is 83.4 Å². The number of ether oxygens (including phenoxy) is 2. The molecule has 2 heterocycles. The van der Waals surface area contributed by atoms with Crippen LogP contribution < -0.4 is 20.1 Å². The molecule has 4 rings (SSSR count). The molecule has 0 saturated carbocycles. The molecule has 0 aliphatic rings. The van der Waals surface area contributed by atoms with Gasteiger partial charge in [0.05, 0.1) is 35.2 Å². The molecule has 1 unspecified atom stereocenters. The summed E-state index contributed by atoms with van der Waals surface area (Å²) in [5, 5.41) is 15.2. The van der Waals surface area contributed by atoms with Gasteiger partial charge in [0.1, 0.15) is 6.61 Å². The van der Waals surface area contributed by atoms with Crippen molar-refractivity contribution in [2.24, 2.45) is 0 Å². The molecule has 8 nitrogen and oxygen atoms in total. The SMILES string of the molecule is COc1ccc(Nc2nccc(-c3ccc(C(=O)NC(C)c4ccccc4)s3)n2)cc1OCCO. The van der Waals surface area contributed by atoms with Gasteiger partial charge in [-0.15, -0.1) is 11.3 Å². The fraction of sp³-hybridized carbons (Fsp3) is 0.192. The van der Waals surface area contributed by atoms with E-state index in [4.69, 9.17) is 14.6 Å². The van der Waals surface area contributed by atoms with Gasteiger partial charge in [-0.2, -0.15) is 0 Å². The minimum absolute atomic E-state index is 0.0974. The van der Waals surface area contributed by atoms with Gasteiger partial charge in [0.2, 0.25) is 5.95 Å². The van der Waals surface area contributed by atoms with Crippen LogP contribution in [-0.2, 0) is 0 Å². The van der Waals surface area contributed by atoms with Gasteiger partial charge in [-0.1, -0.05) is 30.3 Å². The number of anilines is 2. The normalized spacial score (nSPS) is 11.5. The number of carbonyl (C=O) groups excluding carboxylic acids is 1. The Hall–Kier alpha value is -3.95. The van der Waals surface area contributed by atoms with Crippen LogP contribution >= 0.6 is 11.3 Å². The topological polar surface area (TPSA) is 106 Å². The molecule has 2 aromatic carbocycles. The van der Waals surface area contributed by atoms with Crippen molar-refractivity contribution in [2.75, 3.05) is 25.6 Å². The molecule has 1 amide bonds. The van der Waals surface area contributed by atoms with Crippen molar-refractivity contribution in [2.45, 2.75) is 13.0 Å². The molecule has 0 aliphatic carbocycles. The predicted octanol–water partition coefficient (Wildman–Crippen LogP) is 4.82. The summed E-state index contributed by atoms with van der Waals surface area (Å²) in [5.74, 6) is 1.34. The van der Waals surface area contributed by atoms with Gasteiger partial charge in [0, 0.05) is 18.0 Å². The van der Waals surface area contributed by atoms with Crippen LogP contribution in [0.5, 0.6) is 11.5 Å². The lowest BCUT2D eigenvalue weighted by atomic mass is 10.1. The lowest BCUT2D eigenvalue weighted by molar-refractivity contribution is 0.0944. The quantitative estimate of drug-likeness (QED) is 0.293. The number of benzene rings is 2. The molecule has 4 aromatic rings. The summed E-state index contributed by atoms with van der Waals surface area (Å²) in [7, 11) is 1.55. The first kappa shape index (κ1) is 24.2. The molecule has 1 atom stereocenters. The number of thiophene rings is 1. The maximum Gasteiger partial charge on any atom is 0.261 e. The summed E-state index contributed by atoms with van der Waals surface area (Å²) in [4.78, 5) is 23.1. The van der Waals surface area contributed by atoms with Gasteiger partial charge >= 0.3 is 0 Å². The number of methoxy groups -OCH3 is 1. The Morgan fingerprint density at radius 1 is 1.09 bits per heavy atom. The monoisotopic (exact) mass is 490 g/mol. The highest BCUT2D eigenvalue weighted by Crippen LogP contribution is 2.32. The molecule has 35 heavy (non-hydrogen) atoms. The predicted molar refractivity (Wildman–Crippen MR) is 137 cm³/mol. The molecule has 0 spiro atoms. The number of carbonyl (C=O) groups is 1. The molecule has 9 heteroatoms. The summed E-state index contributed by atoms with van der Waals surface area (Å²) in [6.07, 6.45) is 1.66. The highest BCUT2D eigenvalue weighted by Gasteiger charge is 2.15. The fourth-order valence-corrected chi connectivity index (χ4v) is 4.28. The third-order valence-electron chi connectivity index (χ3n) is 5.15. The zero-order valence-electron chi connectivity index (χ0n) is 19.4. The van der Waals surface area contributed by atoms with Crippen LogP contribution in [-0.4, -0.2) is 41.3 Å². The third kappa shape index (κ3) is 6.14. The number of aromatic nitrogens is 2. The maximum absolute atomic E-state index is 12.8. The Labute approximate surface area is 207 Å². The summed E-state index contributed by atoms with van der Waals surface area (Å²) in [5.41, 5.74) is 2.46. The fourth-order valence-electron chi connectivity index (χ4n) is 3.40. The number of hydrogen-bond donors (Lipinski definition) is 3. The van der Waals surface area contributed by atoms with E-state index in [9.17, 15) is 4.79 Å².